The van der Waals surface area contributed by atoms with Crippen LogP contribution in [0.1, 0.15) is 69.8 Å². The lowest BCUT2D eigenvalue weighted by molar-refractivity contribution is -0.134. The first kappa shape index (κ1) is 18.8. The van der Waals surface area contributed by atoms with Crippen molar-refractivity contribution in [3.8, 4) is 0 Å². The quantitative estimate of drug-likeness (QED) is 0.750. The molecule has 4 rings (SSSR count). The molecule has 0 radical (unpaired) electrons. The maximum Gasteiger partial charge on any atom is 0.236 e. The molecule has 0 unspecified atom stereocenters. The summed E-state index contributed by atoms with van der Waals surface area (Å²) in [7, 11) is 1.99. The summed E-state index contributed by atoms with van der Waals surface area (Å²) in [4.78, 5) is 19.4. The number of amides is 1. The zero-order valence-electron chi connectivity index (χ0n) is 16.8. The highest BCUT2D eigenvalue weighted by molar-refractivity contribution is 5.78. The maximum atomic E-state index is 12.7. The van der Waals surface area contributed by atoms with Gasteiger partial charge in [0.05, 0.1) is 18.6 Å². The van der Waals surface area contributed by atoms with E-state index in [4.69, 9.17) is 0 Å². The Balaban J connectivity index is 1.26. The molecule has 0 bridgehead atoms. The fraction of sp³-hybridized carbons (Fsp3) is 0.895. The minimum Gasteiger partial charge on any atom is -0.342 e. The van der Waals surface area contributed by atoms with E-state index in [0.29, 0.717) is 18.6 Å². The van der Waals surface area contributed by atoms with E-state index in [-0.39, 0.29) is 11.9 Å². The van der Waals surface area contributed by atoms with Gasteiger partial charge in [0.1, 0.15) is 0 Å². The second-order valence-corrected chi connectivity index (χ2v) is 8.50. The lowest BCUT2D eigenvalue weighted by atomic mass is 9.94. The average Bonchev–Trinajstić information content (AvgIpc) is 3.44. The molecule has 1 saturated heterocycles. The molecule has 1 aromatic heterocycles. The first-order valence-corrected chi connectivity index (χ1v) is 10.6. The van der Waals surface area contributed by atoms with Gasteiger partial charge in [-0.3, -0.25) is 14.6 Å². The number of likely N-dealkylation sites (N-methyl/N-ethyl adjacent to an activating group) is 1. The van der Waals surface area contributed by atoms with Crippen molar-refractivity contribution >= 4 is 5.91 Å². The van der Waals surface area contributed by atoms with Crippen LogP contribution in [0, 0.1) is 0 Å². The summed E-state index contributed by atoms with van der Waals surface area (Å²) in [5.41, 5.74) is 0. The molecule has 1 atom stereocenters. The van der Waals surface area contributed by atoms with Gasteiger partial charge in [-0.25, -0.2) is 4.68 Å². The van der Waals surface area contributed by atoms with Crippen molar-refractivity contribution in [3.05, 3.63) is 5.82 Å². The van der Waals surface area contributed by atoms with Crippen LogP contribution >= 0.6 is 0 Å². The Morgan fingerprint density at radius 1 is 1.11 bits per heavy atom. The van der Waals surface area contributed by atoms with Gasteiger partial charge in [0.25, 0.3) is 0 Å². The van der Waals surface area contributed by atoms with Gasteiger partial charge in [0, 0.05) is 39.3 Å². The Morgan fingerprint density at radius 3 is 2.48 bits per heavy atom. The number of aromatic nitrogens is 4. The summed E-state index contributed by atoms with van der Waals surface area (Å²) in [6.07, 6.45) is 8.57. The van der Waals surface area contributed by atoms with E-state index in [1.54, 1.807) is 0 Å². The Bertz CT molecular complexity index is 630. The largest absolute Gasteiger partial charge is 0.342 e. The molecule has 150 valence electrons. The fourth-order valence-corrected chi connectivity index (χ4v) is 4.50. The van der Waals surface area contributed by atoms with E-state index < -0.39 is 0 Å². The van der Waals surface area contributed by atoms with Gasteiger partial charge in [0.15, 0.2) is 5.82 Å². The van der Waals surface area contributed by atoms with E-state index in [1.807, 2.05) is 16.6 Å². The predicted molar refractivity (Wildman–Crippen MR) is 102 cm³/mol. The van der Waals surface area contributed by atoms with Crippen LogP contribution in [0.4, 0.5) is 0 Å². The van der Waals surface area contributed by atoms with Crippen molar-refractivity contribution in [1.29, 1.82) is 0 Å². The van der Waals surface area contributed by atoms with Crippen molar-refractivity contribution in [2.45, 2.75) is 70.0 Å². The molecule has 0 N–H and O–H groups in total. The molecule has 27 heavy (non-hydrogen) atoms. The third-order valence-corrected chi connectivity index (χ3v) is 6.61. The second-order valence-electron chi connectivity index (χ2n) is 8.50. The molecule has 0 spiro atoms. The number of hydrogen-bond donors (Lipinski definition) is 0. The zero-order chi connectivity index (χ0) is 18.8. The van der Waals surface area contributed by atoms with E-state index >= 15 is 0 Å². The molecule has 1 aliphatic heterocycles. The van der Waals surface area contributed by atoms with Crippen molar-refractivity contribution in [1.82, 2.24) is 34.9 Å². The number of rotatable bonds is 6. The van der Waals surface area contributed by atoms with Crippen LogP contribution in [0.3, 0.4) is 0 Å². The Kier molecular flexibility index (Phi) is 5.73. The lowest BCUT2D eigenvalue weighted by Crippen LogP contribution is -2.51. The van der Waals surface area contributed by atoms with Crippen LogP contribution < -0.4 is 0 Å². The summed E-state index contributed by atoms with van der Waals surface area (Å²) in [6.45, 7) is 6.52. The summed E-state index contributed by atoms with van der Waals surface area (Å²) in [5, 5.41) is 12.4. The molecule has 8 nitrogen and oxygen atoms in total. The van der Waals surface area contributed by atoms with Gasteiger partial charge < -0.3 is 4.90 Å². The molecule has 3 fully saturated rings. The average molecular weight is 376 g/mol. The molecule has 2 aliphatic carbocycles. The topological polar surface area (TPSA) is 70.4 Å². The highest BCUT2D eigenvalue weighted by Gasteiger charge is 2.32. The number of hydrogen-bond acceptors (Lipinski definition) is 6. The first-order chi connectivity index (χ1) is 13.1. The van der Waals surface area contributed by atoms with Gasteiger partial charge >= 0.3 is 0 Å². The fourth-order valence-electron chi connectivity index (χ4n) is 4.50. The molecule has 2 saturated carbocycles. The van der Waals surface area contributed by atoms with Crippen LogP contribution in [0.5, 0.6) is 0 Å². The maximum absolute atomic E-state index is 12.7. The third kappa shape index (κ3) is 4.32. The van der Waals surface area contributed by atoms with E-state index in [2.05, 4.69) is 32.2 Å². The molecular formula is C19H33N7O. The Morgan fingerprint density at radius 2 is 1.81 bits per heavy atom. The van der Waals surface area contributed by atoms with Gasteiger partial charge in [-0.1, -0.05) is 19.3 Å². The number of tetrazole rings is 1. The van der Waals surface area contributed by atoms with E-state index in [9.17, 15) is 4.79 Å². The van der Waals surface area contributed by atoms with E-state index in [1.165, 1.54) is 44.9 Å². The van der Waals surface area contributed by atoms with Crippen molar-refractivity contribution in [2.75, 3.05) is 39.8 Å². The molecule has 2 heterocycles. The summed E-state index contributed by atoms with van der Waals surface area (Å²) in [6, 6.07) is 1.18. The SMILES string of the molecule is C[C@H](c1nnnn1C1CC1)N1CCN(CC(=O)N(C)C2CCCCC2)CC1. The lowest BCUT2D eigenvalue weighted by Gasteiger charge is -2.38. The van der Waals surface area contributed by atoms with Gasteiger partial charge in [-0.05, 0) is 43.0 Å². The Hall–Kier alpha value is -1.54. The number of carbonyl (C=O) groups is 1. The van der Waals surface area contributed by atoms with Crippen LogP contribution in [0.25, 0.3) is 0 Å². The minimum absolute atomic E-state index is 0.225. The smallest absolute Gasteiger partial charge is 0.236 e. The summed E-state index contributed by atoms with van der Waals surface area (Å²) >= 11 is 0. The van der Waals surface area contributed by atoms with Crippen molar-refractivity contribution < 1.29 is 4.79 Å². The number of carbonyl (C=O) groups excluding carboxylic acids is 1. The molecular weight excluding hydrogens is 342 g/mol. The van der Waals surface area contributed by atoms with Crippen molar-refractivity contribution in [3.63, 3.8) is 0 Å². The van der Waals surface area contributed by atoms with Crippen LogP contribution in [-0.4, -0.2) is 86.6 Å². The molecule has 0 aromatic carbocycles. The highest BCUT2D eigenvalue weighted by atomic mass is 16.2. The van der Waals surface area contributed by atoms with Crippen LogP contribution in [0.15, 0.2) is 0 Å². The number of nitrogens with zero attached hydrogens (tertiary/aromatic N) is 7. The zero-order valence-corrected chi connectivity index (χ0v) is 16.8. The normalized spacial score (nSPS) is 24.1. The number of piperazine rings is 1. The van der Waals surface area contributed by atoms with Gasteiger partial charge in [-0.15, -0.1) is 5.10 Å². The Labute approximate surface area is 161 Å². The predicted octanol–water partition coefficient (Wildman–Crippen LogP) is 1.48. The standard InChI is InChI=1S/C19H33N7O/c1-15(19-20-21-22-26(19)17-8-9-17)25-12-10-24(11-13-25)14-18(27)23(2)16-6-4-3-5-7-16/h15-17H,3-14H2,1-2H3/t15-/m1/s1. The highest BCUT2D eigenvalue weighted by Crippen LogP contribution is 2.36. The van der Waals surface area contributed by atoms with E-state index in [0.717, 1.165) is 32.0 Å². The van der Waals surface area contributed by atoms with Gasteiger partial charge in [0.2, 0.25) is 5.91 Å². The van der Waals surface area contributed by atoms with Crippen molar-refractivity contribution in [2.24, 2.45) is 0 Å². The third-order valence-electron chi connectivity index (χ3n) is 6.61. The first-order valence-electron chi connectivity index (χ1n) is 10.6. The van der Waals surface area contributed by atoms with Gasteiger partial charge in [-0.2, -0.15) is 0 Å². The second kappa shape index (κ2) is 8.22. The van der Waals surface area contributed by atoms with Crippen LogP contribution in [-0.2, 0) is 4.79 Å². The monoisotopic (exact) mass is 375 g/mol. The molecule has 1 amide bonds. The molecule has 1 aromatic rings. The molecule has 8 heteroatoms. The minimum atomic E-state index is 0.225. The van der Waals surface area contributed by atoms with Crippen LogP contribution in [0.2, 0.25) is 0 Å². The summed E-state index contributed by atoms with van der Waals surface area (Å²) in [5.74, 6) is 1.26. The molecule has 3 aliphatic rings. The summed E-state index contributed by atoms with van der Waals surface area (Å²) < 4.78 is 2.01.